The maximum absolute atomic E-state index is 12.7. The molecule has 0 saturated heterocycles. The Morgan fingerprint density at radius 1 is 1.11 bits per heavy atom. The van der Waals surface area contributed by atoms with E-state index in [0.717, 1.165) is 6.26 Å². The van der Waals surface area contributed by atoms with Gasteiger partial charge >= 0.3 is 5.97 Å². The molecule has 1 amide bonds. The zero-order chi connectivity index (χ0) is 20.4. The molecule has 0 saturated carbocycles. The van der Waals surface area contributed by atoms with Crippen molar-refractivity contribution in [1.29, 1.82) is 0 Å². The Balaban J connectivity index is 2.32. The largest absolute Gasteiger partial charge is 0.459 e. The van der Waals surface area contributed by atoms with Crippen molar-refractivity contribution in [3.05, 3.63) is 46.8 Å². The Labute approximate surface area is 158 Å². The highest BCUT2D eigenvalue weighted by Gasteiger charge is 2.24. The number of aryl methyl sites for hydroxylation is 1. The maximum atomic E-state index is 12.7. The zero-order valence-electron chi connectivity index (χ0n) is 15.8. The average molecular weight is 393 g/mol. The number of carbonyl (C=O) groups is 2. The summed E-state index contributed by atoms with van der Waals surface area (Å²) in [6.07, 6.45) is 0.744. The van der Waals surface area contributed by atoms with Crippen LogP contribution in [0.2, 0.25) is 0 Å². The summed E-state index contributed by atoms with van der Waals surface area (Å²) in [5.74, 6) is -1.00. The molecule has 0 fully saturated rings. The molecule has 1 heterocycles. The monoisotopic (exact) mass is 393 g/mol. The summed E-state index contributed by atoms with van der Waals surface area (Å²) in [7, 11) is -3.50. The number of para-hydroxylation sites is 2. The minimum Gasteiger partial charge on any atom is -0.459 e. The highest BCUT2D eigenvalue weighted by molar-refractivity contribution is 7.92. The van der Waals surface area contributed by atoms with E-state index in [0.29, 0.717) is 22.5 Å². The summed E-state index contributed by atoms with van der Waals surface area (Å²) in [5.41, 5.74) is 2.04. The van der Waals surface area contributed by atoms with Crippen LogP contribution in [0.4, 0.5) is 11.4 Å². The molecule has 146 valence electrons. The molecule has 0 unspecified atom stereocenters. The third-order valence-electron chi connectivity index (χ3n) is 3.68. The van der Waals surface area contributed by atoms with Crippen LogP contribution in [0, 0.1) is 13.8 Å². The first-order valence-corrected chi connectivity index (χ1v) is 10.2. The van der Waals surface area contributed by atoms with Gasteiger partial charge in [0.2, 0.25) is 10.0 Å². The molecule has 0 atom stereocenters. The van der Waals surface area contributed by atoms with Crippen LogP contribution in [0.25, 0.3) is 0 Å². The first-order valence-electron chi connectivity index (χ1n) is 8.28. The van der Waals surface area contributed by atoms with E-state index in [-0.39, 0.29) is 17.5 Å². The number of carbonyl (C=O) groups excluding carboxylic acids is 2. The fourth-order valence-electron chi connectivity index (χ4n) is 2.62. The lowest BCUT2D eigenvalue weighted by molar-refractivity contribution is 0.0376. The summed E-state index contributed by atoms with van der Waals surface area (Å²) in [6.45, 7) is 6.82. The summed E-state index contributed by atoms with van der Waals surface area (Å²) in [5, 5.41) is 2.66. The molecule has 8 nitrogen and oxygen atoms in total. The van der Waals surface area contributed by atoms with Gasteiger partial charge in [0.05, 0.1) is 29.3 Å². The van der Waals surface area contributed by atoms with Crippen LogP contribution < -0.4 is 10.0 Å². The standard InChI is InChI=1S/C18H23N3O5S/c1-10(2)26-18(23)15-11(3)16(19-12(15)4)17(22)20-13-8-6-7-9-14(13)21-27(5,24)25/h6-10,19,21H,1-5H3,(H,20,22). The molecule has 0 aliphatic rings. The Morgan fingerprint density at radius 2 is 1.70 bits per heavy atom. The molecule has 0 bridgehead atoms. The lowest BCUT2D eigenvalue weighted by atomic mass is 10.1. The van der Waals surface area contributed by atoms with Gasteiger partial charge in [-0.25, -0.2) is 13.2 Å². The number of aromatic amines is 1. The van der Waals surface area contributed by atoms with E-state index in [2.05, 4.69) is 15.0 Å². The van der Waals surface area contributed by atoms with Gasteiger partial charge < -0.3 is 15.0 Å². The van der Waals surface area contributed by atoms with Crippen molar-refractivity contribution in [2.24, 2.45) is 0 Å². The summed E-state index contributed by atoms with van der Waals surface area (Å²) in [4.78, 5) is 27.8. The smallest absolute Gasteiger partial charge is 0.340 e. The molecule has 9 heteroatoms. The molecule has 0 spiro atoms. The van der Waals surface area contributed by atoms with Crippen molar-refractivity contribution in [2.45, 2.75) is 33.8 Å². The fraction of sp³-hybridized carbons (Fsp3) is 0.333. The number of aromatic nitrogens is 1. The van der Waals surface area contributed by atoms with Crippen molar-refractivity contribution in [1.82, 2.24) is 4.98 Å². The molecule has 0 radical (unpaired) electrons. The second-order valence-electron chi connectivity index (χ2n) is 6.45. The van der Waals surface area contributed by atoms with Gasteiger partial charge in [0, 0.05) is 5.69 Å². The highest BCUT2D eigenvalue weighted by Crippen LogP contribution is 2.25. The second kappa shape index (κ2) is 7.83. The number of nitrogens with one attached hydrogen (secondary N) is 3. The minimum absolute atomic E-state index is 0.206. The highest BCUT2D eigenvalue weighted by atomic mass is 32.2. The topological polar surface area (TPSA) is 117 Å². The fourth-order valence-corrected chi connectivity index (χ4v) is 3.20. The van der Waals surface area contributed by atoms with Gasteiger partial charge in [-0.05, 0) is 45.4 Å². The normalized spacial score (nSPS) is 11.3. The molecule has 0 aliphatic heterocycles. The molecule has 0 aliphatic carbocycles. The summed E-state index contributed by atoms with van der Waals surface area (Å²) >= 11 is 0. The van der Waals surface area contributed by atoms with Crippen LogP contribution in [0.1, 0.15) is 46.0 Å². The summed E-state index contributed by atoms with van der Waals surface area (Å²) < 4.78 is 30.6. The van der Waals surface area contributed by atoms with Crippen LogP contribution in [-0.2, 0) is 14.8 Å². The number of anilines is 2. The van der Waals surface area contributed by atoms with Crippen LogP contribution in [0.15, 0.2) is 24.3 Å². The van der Waals surface area contributed by atoms with E-state index in [4.69, 9.17) is 4.74 Å². The molecule has 1 aromatic heterocycles. The van der Waals surface area contributed by atoms with E-state index < -0.39 is 21.9 Å². The van der Waals surface area contributed by atoms with Crippen molar-refractivity contribution < 1.29 is 22.7 Å². The van der Waals surface area contributed by atoms with Crippen molar-refractivity contribution in [3.63, 3.8) is 0 Å². The second-order valence-corrected chi connectivity index (χ2v) is 8.20. The van der Waals surface area contributed by atoms with Crippen molar-refractivity contribution in [3.8, 4) is 0 Å². The Kier molecular flexibility index (Phi) is 5.94. The SMILES string of the molecule is Cc1[nH]c(C(=O)Nc2ccccc2NS(C)(=O)=O)c(C)c1C(=O)OC(C)C. The van der Waals surface area contributed by atoms with Gasteiger partial charge in [-0.3, -0.25) is 9.52 Å². The Hall–Kier alpha value is -2.81. The van der Waals surface area contributed by atoms with E-state index in [1.807, 2.05) is 0 Å². The van der Waals surface area contributed by atoms with Gasteiger partial charge in [0.25, 0.3) is 5.91 Å². The van der Waals surface area contributed by atoms with Crippen LogP contribution in [0.5, 0.6) is 0 Å². The molecular formula is C18H23N3O5S. The van der Waals surface area contributed by atoms with Crippen LogP contribution >= 0.6 is 0 Å². The molecule has 3 N–H and O–H groups in total. The number of hydrogen-bond acceptors (Lipinski definition) is 5. The van der Waals surface area contributed by atoms with Crippen molar-refractivity contribution in [2.75, 3.05) is 16.3 Å². The predicted octanol–water partition coefficient (Wildman–Crippen LogP) is 2.82. The van der Waals surface area contributed by atoms with Gasteiger partial charge in [-0.1, -0.05) is 12.1 Å². The van der Waals surface area contributed by atoms with Gasteiger partial charge in [0.1, 0.15) is 5.69 Å². The van der Waals surface area contributed by atoms with Gasteiger partial charge in [-0.2, -0.15) is 0 Å². The Morgan fingerprint density at radius 3 is 2.26 bits per heavy atom. The number of esters is 1. The first-order chi connectivity index (χ1) is 12.5. The molecular weight excluding hydrogens is 370 g/mol. The van der Waals surface area contributed by atoms with Crippen LogP contribution in [0.3, 0.4) is 0 Å². The minimum atomic E-state index is -3.50. The number of rotatable bonds is 6. The molecule has 1 aromatic carbocycles. The number of amides is 1. The third-order valence-corrected chi connectivity index (χ3v) is 4.27. The number of ether oxygens (including phenoxy) is 1. The number of hydrogen-bond donors (Lipinski definition) is 3. The van der Waals surface area contributed by atoms with Gasteiger partial charge in [0.15, 0.2) is 0 Å². The number of benzene rings is 1. The van der Waals surface area contributed by atoms with E-state index >= 15 is 0 Å². The lowest BCUT2D eigenvalue weighted by Gasteiger charge is -2.12. The lowest BCUT2D eigenvalue weighted by Crippen LogP contribution is -2.17. The van der Waals surface area contributed by atoms with E-state index in [1.54, 1.807) is 45.9 Å². The maximum Gasteiger partial charge on any atom is 0.340 e. The van der Waals surface area contributed by atoms with E-state index in [9.17, 15) is 18.0 Å². The average Bonchev–Trinajstić information content (AvgIpc) is 2.82. The number of H-pyrrole nitrogens is 1. The Bertz CT molecular complexity index is 977. The first kappa shape index (κ1) is 20.5. The molecule has 27 heavy (non-hydrogen) atoms. The third kappa shape index (κ3) is 5.10. The summed E-state index contributed by atoms with van der Waals surface area (Å²) in [6, 6.07) is 6.42. The quantitative estimate of drug-likeness (QED) is 0.652. The zero-order valence-corrected chi connectivity index (χ0v) is 16.7. The molecule has 2 aromatic rings. The van der Waals surface area contributed by atoms with Gasteiger partial charge in [-0.15, -0.1) is 0 Å². The molecule has 2 rings (SSSR count). The van der Waals surface area contributed by atoms with Crippen LogP contribution in [-0.4, -0.2) is 37.6 Å². The van der Waals surface area contributed by atoms with Crippen molar-refractivity contribution >= 4 is 33.3 Å². The predicted molar refractivity (Wildman–Crippen MR) is 104 cm³/mol. The van der Waals surface area contributed by atoms with E-state index in [1.165, 1.54) is 6.07 Å². The number of sulfonamides is 1.